The lowest BCUT2D eigenvalue weighted by Crippen LogP contribution is -1.90. The number of thiophene rings is 2. The van der Waals surface area contributed by atoms with E-state index >= 15 is 0 Å². The third-order valence-electron chi connectivity index (χ3n) is 7.35. The van der Waals surface area contributed by atoms with Gasteiger partial charge in [0, 0.05) is 30.3 Å². The minimum atomic E-state index is 1.26. The Bertz CT molecular complexity index is 2030. The van der Waals surface area contributed by atoms with Gasteiger partial charge in [0.25, 0.3) is 0 Å². The van der Waals surface area contributed by atoms with E-state index in [4.69, 9.17) is 0 Å². The Balaban J connectivity index is 1.48. The van der Waals surface area contributed by atoms with Crippen molar-refractivity contribution in [3.8, 4) is 22.3 Å². The van der Waals surface area contributed by atoms with Gasteiger partial charge in [-0.25, -0.2) is 0 Å². The molecule has 0 aliphatic rings. The van der Waals surface area contributed by atoms with Crippen LogP contribution < -0.4 is 0 Å². The standard InChI is InChI=1S/C34H20S2/c1-2-8-21(9-3-1)32-23-10-4-6-12-25(23)33(26-13-7-5-11-24(26)32)22-14-15-27-31(20-22)36-30-17-16-29-28(34(27)30)18-19-35-29/h1-20H. The zero-order chi connectivity index (χ0) is 23.6. The minimum Gasteiger partial charge on any atom is -0.144 e. The number of hydrogen-bond acceptors (Lipinski definition) is 2. The minimum absolute atomic E-state index is 1.26. The van der Waals surface area contributed by atoms with Crippen LogP contribution in [0.3, 0.4) is 0 Å². The first-order chi connectivity index (χ1) is 17.9. The summed E-state index contributed by atoms with van der Waals surface area (Å²) in [5.74, 6) is 0. The molecule has 0 aliphatic heterocycles. The van der Waals surface area contributed by atoms with Crippen molar-refractivity contribution in [2.45, 2.75) is 0 Å². The van der Waals surface area contributed by atoms with Crippen molar-refractivity contribution in [2.75, 3.05) is 0 Å². The van der Waals surface area contributed by atoms with Crippen LogP contribution in [0, 0.1) is 0 Å². The van der Waals surface area contributed by atoms with Gasteiger partial charge < -0.3 is 0 Å². The summed E-state index contributed by atoms with van der Waals surface area (Å²) in [5, 5.41) is 11.5. The van der Waals surface area contributed by atoms with Crippen molar-refractivity contribution in [3.05, 3.63) is 121 Å². The Morgan fingerprint density at radius 3 is 1.67 bits per heavy atom. The summed E-state index contributed by atoms with van der Waals surface area (Å²) in [4.78, 5) is 0. The van der Waals surface area contributed by atoms with Gasteiger partial charge >= 0.3 is 0 Å². The first-order valence-electron chi connectivity index (χ1n) is 12.2. The molecule has 0 nitrogen and oxygen atoms in total. The lowest BCUT2D eigenvalue weighted by Gasteiger charge is -2.17. The summed E-state index contributed by atoms with van der Waals surface area (Å²) >= 11 is 3.73. The number of rotatable bonds is 2. The maximum Gasteiger partial charge on any atom is 0.0362 e. The zero-order valence-corrected chi connectivity index (χ0v) is 21.0. The smallest absolute Gasteiger partial charge is 0.0362 e. The largest absolute Gasteiger partial charge is 0.144 e. The van der Waals surface area contributed by atoms with E-state index in [0.717, 1.165) is 0 Å². The first-order valence-corrected chi connectivity index (χ1v) is 13.9. The van der Waals surface area contributed by atoms with Crippen LogP contribution >= 0.6 is 22.7 Å². The molecule has 0 N–H and O–H groups in total. The molecule has 8 aromatic rings. The van der Waals surface area contributed by atoms with E-state index < -0.39 is 0 Å². The van der Waals surface area contributed by atoms with Crippen molar-refractivity contribution < 1.29 is 0 Å². The molecule has 0 aliphatic carbocycles. The topological polar surface area (TPSA) is 0 Å². The molecular weight excluding hydrogens is 473 g/mol. The van der Waals surface area contributed by atoms with Crippen LogP contribution in [0.5, 0.6) is 0 Å². The lowest BCUT2D eigenvalue weighted by atomic mass is 9.86. The second-order valence-electron chi connectivity index (χ2n) is 9.29. The molecule has 2 heteroatoms. The molecule has 0 fully saturated rings. The van der Waals surface area contributed by atoms with Gasteiger partial charge in [-0.1, -0.05) is 91.0 Å². The molecule has 36 heavy (non-hydrogen) atoms. The van der Waals surface area contributed by atoms with Gasteiger partial charge in [0.15, 0.2) is 0 Å². The van der Waals surface area contributed by atoms with Crippen LogP contribution in [0.2, 0.25) is 0 Å². The molecule has 0 saturated heterocycles. The van der Waals surface area contributed by atoms with Gasteiger partial charge in [0.05, 0.1) is 0 Å². The van der Waals surface area contributed by atoms with E-state index in [1.807, 2.05) is 22.7 Å². The Morgan fingerprint density at radius 1 is 0.389 bits per heavy atom. The molecule has 0 amide bonds. The third kappa shape index (κ3) is 2.86. The summed E-state index contributed by atoms with van der Waals surface area (Å²) in [6.07, 6.45) is 0. The average Bonchev–Trinajstić information content (AvgIpc) is 3.56. The van der Waals surface area contributed by atoms with E-state index in [0.29, 0.717) is 0 Å². The fraction of sp³-hybridized carbons (Fsp3) is 0. The third-order valence-corrected chi connectivity index (χ3v) is 9.35. The van der Waals surface area contributed by atoms with E-state index in [1.54, 1.807) is 0 Å². The second-order valence-corrected chi connectivity index (χ2v) is 11.3. The van der Waals surface area contributed by atoms with Crippen molar-refractivity contribution >= 4 is 74.5 Å². The quantitative estimate of drug-likeness (QED) is 0.211. The molecule has 0 unspecified atom stereocenters. The van der Waals surface area contributed by atoms with Gasteiger partial charge in [-0.05, 0) is 73.4 Å². The Hall–Kier alpha value is -3.98. The molecule has 2 heterocycles. The van der Waals surface area contributed by atoms with E-state index in [2.05, 4.69) is 121 Å². The van der Waals surface area contributed by atoms with Gasteiger partial charge in [0.2, 0.25) is 0 Å². The summed E-state index contributed by atoms with van der Waals surface area (Å²) in [5.41, 5.74) is 5.17. The molecule has 0 saturated carbocycles. The summed E-state index contributed by atoms with van der Waals surface area (Å²) in [7, 11) is 0. The summed E-state index contributed by atoms with van der Waals surface area (Å²) < 4.78 is 4.07. The number of benzene rings is 6. The molecular formula is C34H20S2. The summed E-state index contributed by atoms with van der Waals surface area (Å²) in [6, 6.07) is 42.5. The monoisotopic (exact) mass is 492 g/mol. The molecule has 8 rings (SSSR count). The van der Waals surface area contributed by atoms with Crippen LogP contribution in [0.4, 0.5) is 0 Å². The molecule has 168 valence electrons. The van der Waals surface area contributed by atoms with Crippen LogP contribution in [0.25, 0.3) is 74.1 Å². The van der Waals surface area contributed by atoms with Gasteiger partial charge in [-0.3, -0.25) is 0 Å². The highest BCUT2D eigenvalue weighted by Gasteiger charge is 2.17. The highest BCUT2D eigenvalue weighted by Crippen LogP contribution is 2.46. The van der Waals surface area contributed by atoms with E-state index in [9.17, 15) is 0 Å². The first kappa shape index (κ1) is 20.2. The fourth-order valence-electron chi connectivity index (χ4n) is 5.83. The van der Waals surface area contributed by atoms with Crippen LogP contribution in [0.15, 0.2) is 121 Å². The van der Waals surface area contributed by atoms with Crippen LogP contribution in [0.1, 0.15) is 0 Å². The average molecular weight is 493 g/mol. The molecule has 2 aromatic heterocycles. The Labute approximate surface area is 216 Å². The molecule has 0 spiro atoms. The van der Waals surface area contributed by atoms with Crippen molar-refractivity contribution in [1.29, 1.82) is 0 Å². The zero-order valence-electron chi connectivity index (χ0n) is 19.4. The Kier molecular flexibility index (Phi) is 4.36. The van der Waals surface area contributed by atoms with Gasteiger partial charge in [-0.2, -0.15) is 0 Å². The maximum atomic E-state index is 2.41. The SMILES string of the molecule is c1ccc(-c2c3ccccc3c(-c3ccc4c(c3)sc3ccc5sccc5c34)c3ccccc23)cc1. The van der Waals surface area contributed by atoms with Crippen LogP contribution in [-0.4, -0.2) is 0 Å². The highest BCUT2D eigenvalue weighted by atomic mass is 32.1. The van der Waals surface area contributed by atoms with E-state index in [1.165, 1.54) is 74.1 Å². The molecule has 6 aromatic carbocycles. The fourth-order valence-corrected chi connectivity index (χ4v) is 7.78. The predicted molar refractivity (Wildman–Crippen MR) is 161 cm³/mol. The molecule has 0 bridgehead atoms. The highest BCUT2D eigenvalue weighted by molar-refractivity contribution is 7.26. The Morgan fingerprint density at radius 2 is 0.972 bits per heavy atom. The van der Waals surface area contributed by atoms with E-state index in [-0.39, 0.29) is 0 Å². The molecule has 0 atom stereocenters. The molecule has 0 radical (unpaired) electrons. The summed E-state index contributed by atoms with van der Waals surface area (Å²) in [6.45, 7) is 0. The maximum absolute atomic E-state index is 2.41. The normalized spacial score (nSPS) is 11.9. The number of hydrogen-bond donors (Lipinski definition) is 0. The van der Waals surface area contributed by atoms with Gasteiger partial charge in [-0.15, -0.1) is 22.7 Å². The van der Waals surface area contributed by atoms with Crippen molar-refractivity contribution in [1.82, 2.24) is 0 Å². The van der Waals surface area contributed by atoms with Gasteiger partial charge in [0.1, 0.15) is 0 Å². The lowest BCUT2D eigenvalue weighted by molar-refractivity contribution is 1.66. The van der Waals surface area contributed by atoms with Crippen molar-refractivity contribution in [2.24, 2.45) is 0 Å². The van der Waals surface area contributed by atoms with Crippen LogP contribution in [-0.2, 0) is 0 Å². The second kappa shape index (κ2) is 7.76. The number of fused-ring (bicyclic) bond motifs is 7. The van der Waals surface area contributed by atoms with Crippen molar-refractivity contribution in [3.63, 3.8) is 0 Å². The predicted octanol–water partition coefficient (Wildman–Crippen LogP) is 10.9.